The SMILES string of the molecule is COc1ccc(C(=O)NCCC2CCCCC2)cc1N. The maximum absolute atomic E-state index is 12.0. The summed E-state index contributed by atoms with van der Waals surface area (Å²) in [5.74, 6) is 1.32. The molecule has 1 saturated carbocycles. The van der Waals surface area contributed by atoms with Crippen LogP contribution in [0.1, 0.15) is 48.9 Å². The molecule has 1 aromatic rings. The Morgan fingerprint density at radius 2 is 2.10 bits per heavy atom. The maximum Gasteiger partial charge on any atom is 0.251 e. The minimum absolute atomic E-state index is 0.0600. The fraction of sp³-hybridized carbons (Fsp3) is 0.562. The Morgan fingerprint density at radius 3 is 2.75 bits per heavy atom. The summed E-state index contributed by atoms with van der Waals surface area (Å²) in [4.78, 5) is 12.0. The van der Waals surface area contributed by atoms with Crippen molar-refractivity contribution >= 4 is 11.6 Å². The first kappa shape index (κ1) is 14.7. The molecule has 0 spiro atoms. The number of methoxy groups -OCH3 is 1. The highest BCUT2D eigenvalue weighted by Gasteiger charge is 2.14. The van der Waals surface area contributed by atoms with Crippen LogP contribution in [-0.4, -0.2) is 19.6 Å². The molecule has 1 fully saturated rings. The van der Waals surface area contributed by atoms with Gasteiger partial charge >= 0.3 is 0 Å². The quantitative estimate of drug-likeness (QED) is 0.813. The number of hydrogen-bond donors (Lipinski definition) is 2. The molecule has 110 valence electrons. The summed E-state index contributed by atoms with van der Waals surface area (Å²) in [6.07, 6.45) is 7.75. The van der Waals surface area contributed by atoms with Crippen LogP contribution in [-0.2, 0) is 0 Å². The van der Waals surface area contributed by atoms with Crippen molar-refractivity contribution in [2.24, 2.45) is 5.92 Å². The average Bonchev–Trinajstić information content (AvgIpc) is 2.48. The second-order valence-electron chi connectivity index (χ2n) is 5.51. The molecular formula is C16H24N2O2. The molecule has 2 rings (SSSR count). The van der Waals surface area contributed by atoms with Gasteiger partial charge in [0, 0.05) is 12.1 Å². The van der Waals surface area contributed by atoms with Crippen molar-refractivity contribution in [2.75, 3.05) is 19.4 Å². The highest BCUT2D eigenvalue weighted by molar-refractivity contribution is 5.95. The van der Waals surface area contributed by atoms with Gasteiger partial charge in [-0.1, -0.05) is 32.1 Å². The van der Waals surface area contributed by atoms with E-state index < -0.39 is 0 Å². The first-order valence-corrected chi connectivity index (χ1v) is 7.42. The molecule has 0 heterocycles. The molecule has 0 bridgehead atoms. The summed E-state index contributed by atoms with van der Waals surface area (Å²) in [5, 5.41) is 2.98. The first-order chi connectivity index (χ1) is 9.70. The van der Waals surface area contributed by atoms with Gasteiger partial charge in [0.25, 0.3) is 5.91 Å². The molecule has 0 saturated heterocycles. The molecule has 0 unspecified atom stereocenters. The van der Waals surface area contributed by atoms with Crippen LogP contribution in [0.25, 0.3) is 0 Å². The van der Waals surface area contributed by atoms with E-state index >= 15 is 0 Å². The number of nitrogens with two attached hydrogens (primary N) is 1. The molecule has 0 radical (unpaired) electrons. The molecule has 1 aromatic carbocycles. The Kier molecular flexibility index (Phi) is 5.27. The molecule has 20 heavy (non-hydrogen) atoms. The third kappa shape index (κ3) is 3.89. The predicted molar refractivity (Wildman–Crippen MR) is 80.9 cm³/mol. The first-order valence-electron chi connectivity index (χ1n) is 7.42. The lowest BCUT2D eigenvalue weighted by molar-refractivity contribution is 0.0950. The lowest BCUT2D eigenvalue weighted by atomic mass is 9.87. The second kappa shape index (κ2) is 7.17. The Balaban J connectivity index is 1.80. The van der Waals surface area contributed by atoms with Crippen LogP contribution in [0.15, 0.2) is 18.2 Å². The average molecular weight is 276 g/mol. The van der Waals surface area contributed by atoms with Crippen LogP contribution < -0.4 is 15.8 Å². The molecule has 0 aliphatic heterocycles. The van der Waals surface area contributed by atoms with Crippen LogP contribution in [0.4, 0.5) is 5.69 Å². The van der Waals surface area contributed by atoms with E-state index in [1.807, 2.05) is 0 Å². The number of nitrogens with one attached hydrogen (secondary N) is 1. The van der Waals surface area contributed by atoms with E-state index in [4.69, 9.17) is 10.5 Å². The van der Waals surface area contributed by atoms with Crippen LogP contribution in [0.2, 0.25) is 0 Å². The monoisotopic (exact) mass is 276 g/mol. The van der Waals surface area contributed by atoms with E-state index in [9.17, 15) is 4.79 Å². The number of rotatable bonds is 5. The zero-order chi connectivity index (χ0) is 14.4. The number of amides is 1. The van der Waals surface area contributed by atoms with E-state index in [1.54, 1.807) is 25.3 Å². The van der Waals surface area contributed by atoms with E-state index in [0.717, 1.165) is 18.9 Å². The van der Waals surface area contributed by atoms with Gasteiger partial charge in [0.2, 0.25) is 0 Å². The van der Waals surface area contributed by atoms with E-state index in [-0.39, 0.29) is 5.91 Å². The van der Waals surface area contributed by atoms with Crippen molar-refractivity contribution in [1.29, 1.82) is 0 Å². The van der Waals surface area contributed by atoms with Crippen molar-refractivity contribution in [2.45, 2.75) is 38.5 Å². The summed E-state index contributed by atoms with van der Waals surface area (Å²) in [6.45, 7) is 0.745. The number of benzene rings is 1. The lowest BCUT2D eigenvalue weighted by Gasteiger charge is -2.21. The number of anilines is 1. The summed E-state index contributed by atoms with van der Waals surface area (Å²) >= 11 is 0. The van der Waals surface area contributed by atoms with E-state index in [2.05, 4.69) is 5.32 Å². The molecule has 1 amide bonds. The third-order valence-corrected chi connectivity index (χ3v) is 4.05. The molecular weight excluding hydrogens is 252 g/mol. The van der Waals surface area contributed by atoms with Gasteiger partial charge < -0.3 is 15.8 Å². The number of hydrogen-bond acceptors (Lipinski definition) is 3. The van der Waals surface area contributed by atoms with Gasteiger partial charge in [-0.3, -0.25) is 4.79 Å². The van der Waals surface area contributed by atoms with Gasteiger partial charge in [-0.15, -0.1) is 0 Å². The molecule has 3 N–H and O–H groups in total. The van der Waals surface area contributed by atoms with Crippen molar-refractivity contribution in [3.63, 3.8) is 0 Å². The van der Waals surface area contributed by atoms with E-state index in [0.29, 0.717) is 17.0 Å². The highest BCUT2D eigenvalue weighted by Crippen LogP contribution is 2.26. The number of carbonyl (C=O) groups excluding carboxylic acids is 1. The highest BCUT2D eigenvalue weighted by atomic mass is 16.5. The fourth-order valence-electron chi connectivity index (χ4n) is 2.84. The van der Waals surface area contributed by atoms with Crippen molar-refractivity contribution in [3.05, 3.63) is 23.8 Å². The Morgan fingerprint density at radius 1 is 1.35 bits per heavy atom. The number of ether oxygens (including phenoxy) is 1. The van der Waals surface area contributed by atoms with Crippen LogP contribution >= 0.6 is 0 Å². The standard InChI is InChI=1S/C16H24N2O2/c1-20-15-8-7-13(11-14(15)17)16(19)18-10-9-12-5-3-2-4-6-12/h7-8,11-12H,2-6,9-10,17H2,1H3,(H,18,19). The summed E-state index contributed by atoms with van der Waals surface area (Å²) in [5.41, 5.74) is 6.89. The minimum Gasteiger partial charge on any atom is -0.495 e. The molecule has 1 aliphatic carbocycles. The third-order valence-electron chi connectivity index (χ3n) is 4.05. The molecule has 4 nitrogen and oxygen atoms in total. The lowest BCUT2D eigenvalue weighted by Crippen LogP contribution is -2.26. The van der Waals surface area contributed by atoms with Crippen LogP contribution in [0.5, 0.6) is 5.75 Å². The Hall–Kier alpha value is -1.71. The normalized spacial score (nSPS) is 15.8. The van der Waals surface area contributed by atoms with E-state index in [1.165, 1.54) is 32.1 Å². The fourth-order valence-corrected chi connectivity index (χ4v) is 2.84. The molecule has 1 aliphatic rings. The summed E-state index contributed by atoms with van der Waals surface area (Å²) in [6, 6.07) is 5.13. The van der Waals surface area contributed by atoms with Crippen molar-refractivity contribution in [1.82, 2.24) is 5.32 Å². The van der Waals surface area contributed by atoms with Crippen molar-refractivity contribution < 1.29 is 9.53 Å². The van der Waals surface area contributed by atoms with Gasteiger partial charge in [-0.05, 0) is 30.5 Å². The van der Waals surface area contributed by atoms with Gasteiger partial charge in [0.1, 0.15) is 5.75 Å². The number of carbonyl (C=O) groups is 1. The maximum atomic E-state index is 12.0. The molecule has 0 atom stereocenters. The number of nitrogen functional groups attached to an aromatic ring is 1. The Bertz CT molecular complexity index is 454. The second-order valence-corrected chi connectivity index (χ2v) is 5.51. The summed E-state index contributed by atoms with van der Waals surface area (Å²) < 4.78 is 5.08. The van der Waals surface area contributed by atoms with Gasteiger partial charge in [0.05, 0.1) is 12.8 Å². The van der Waals surface area contributed by atoms with Crippen LogP contribution in [0, 0.1) is 5.92 Å². The topological polar surface area (TPSA) is 64.3 Å². The molecule has 0 aromatic heterocycles. The van der Waals surface area contributed by atoms with Crippen molar-refractivity contribution in [3.8, 4) is 5.75 Å². The zero-order valence-corrected chi connectivity index (χ0v) is 12.2. The minimum atomic E-state index is -0.0600. The smallest absolute Gasteiger partial charge is 0.251 e. The molecule has 4 heteroatoms. The van der Waals surface area contributed by atoms with Gasteiger partial charge in [0.15, 0.2) is 0 Å². The zero-order valence-electron chi connectivity index (χ0n) is 12.2. The summed E-state index contributed by atoms with van der Waals surface area (Å²) in [7, 11) is 1.57. The van der Waals surface area contributed by atoms with Crippen LogP contribution in [0.3, 0.4) is 0 Å². The largest absolute Gasteiger partial charge is 0.495 e. The van der Waals surface area contributed by atoms with Gasteiger partial charge in [-0.2, -0.15) is 0 Å². The Labute approximate surface area is 120 Å². The predicted octanol–water partition coefficient (Wildman–Crippen LogP) is 2.98. The van der Waals surface area contributed by atoms with Gasteiger partial charge in [-0.25, -0.2) is 0 Å².